The Bertz CT molecular complexity index is 529. The fourth-order valence-corrected chi connectivity index (χ4v) is 2.19. The average molecular weight is 293 g/mol. The smallest absolute Gasteiger partial charge is 0.202 e. The van der Waals surface area contributed by atoms with Crippen LogP contribution in [0.2, 0.25) is 0 Å². The normalized spacial score (nSPS) is 17.1. The van der Waals surface area contributed by atoms with Gasteiger partial charge in [-0.1, -0.05) is 28.1 Å². The predicted molar refractivity (Wildman–Crippen MR) is 69.6 cm³/mol. The number of nitrogens with two attached hydrogens (primary N) is 1. The lowest BCUT2D eigenvalue weighted by molar-refractivity contribution is 0.437. The Hall–Kier alpha value is -1.13. The zero-order valence-electron chi connectivity index (χ0n) is 9.32. The standard InChI is InChI=1S/C13H13BrN2O/c14-10-3-1-9(2-4-10)11-7-17-12(16-11)13(8-15)5-6-13/h1-4,7H,5-6,8,15H2. The molecule has 2 aromatic rings. The van der Waals surface area contributed by atoms with Crippen molar-refractivity contribution in [2.24, 2.45) is 5.73 Å². The molecule has 1 aliphatic rings. The summed E-state index contributed by atoms with van der Waals surface area (Å²) in [6, 6.07) is 8.04. The maximum Gasteiger partial charge on any atom is 0.202 e. The van der Waals surface area contributed by atoms with Crippen LogP contribution in [0.1, 0.15) is 18.7 Å². The molecule has 0 amide bonds. The first-order valence-electron chi connectivity index (χ1n) is 5.65. The number of hydrogen-bond acceptors (Lipinski definition) is 3. The summed E-state index contributed by atoms with van der Waals surface area (Å²) >= 11 is 3.42. The summed E-state index contributed by atoms with van der Waals surface area (Å²) in [5.74, 6) is 0.790. The van der Waals surface area contributed by atoms with Crippen LogP contribution in [0.3, 0.4) is 0 Å². The van der Waals surface area contributed by atoms with Crippen LogP contribution in [0.25, 0.3) is 11.3 Å². The Kier molecular flexibility index (Phi) is 2.56. The third-order valence-corrected chi connectivity index (χ3v) is 3.87. The van der Waals surface area contributed by atoms with Gasteiger partial charge >= 0.3 is 0 Å². The van der Waals surface area contributed by atoms with Crippen LogP contribution in [-0.2, 0) is 5.41 Å². The fraction of sp³-hybridized carbons (Fsp3) is 0.308. The van der Waals surface area contributed by atoms with Gasteiger partial charge in [0.25, 0.3) is 0 Å². The number of rotatable bonds is 3. The molecule has 17 heavy (non-hydrogen) atoms. The summed E-state index contributed by atoms with van der Waals surface area (Å²) < 4.78 is 6.63. The van der Waals surface area contributed by atoms with Crippen molar-refractivity contribution in [2.45, 2.75) is 18.3 Å². The predicted octanol–water partition coefficient (Wildman–Crippen LogP) is 3.09. The molecular formula is C13H13BrN2O. The Balaban J connectivity index is 1.92. The molecule has 0 atom stereocenters. The van der Waals surface area contributed by atoms with Crippen molar-refractivity contribution in [1.29, 1.82) is 0 Å². The minimum Gasteiger partial charge on any atom is -0.448 e. The van der Waals surface area contributed by atoms with Crippen LogP contribution < -0.4 is 5.73 Å². The summed E-state index contributed by atoms with van der Waals surface area (Å²) in [6.07, 6.45) is 3.89. The van der Waals surface area contributed by atoms with Crippen molar-refractivity contribution >= 4 is 15.9 Å². The molecule has 0 bridgehead atoms. The lowest BCUT2D eigenvalue weighted by Gasteiger charge is -2.05. The van der Waals surface area contributed by atoms with E-state index in [2.05, 4.69) is 20.9 Å². The van der Waals surface area contributed by atoms with Gasteiger partial charge in [-0.25, -0.2) is 4.98 Å². The Morgan fingerprint density at radius 3 is 2.59 bits per heavy atom. The molecule has 1 aromatic heterocycles. The maximum atomic E-state index is 5.76. The van der Waals surface area contributed by atoms with E-state index in [1.807, 2.05) is 24.3 Å². The molecule has 88 valence electrons. The number of oxazole rings is 1. The van der Waals surface area contributed by atoms with Gasteiger partial charge in [0, 0.05) is 16.6 Å². The van der Waals surface area contributed by atoms with Crippen molar-refractivity contribution in [3.8, 4) is 11.3 Å². The molecular weight excluding hydrogens is 280 g/mol. The molecule has 0 unspecified atom stereocenters. The zero-order valence-corrected chi connectivity index (χ0v) is 10.9. The third kappa shape index (κ3) is 1.91. The Morgan fingerprint density at radius 2 is 2.00 bits per heavy atom. The maximum absolute atomic E-state index is 5.76. The SMILES string of the molecule is NCC1(c2nc(-c3ccc(Br)cc3)co2)CC1. The van der Waals surface area contributed by atoms with Gasteiger partial charge in [-0.15, -0.1) is 0 Å². The van der Waals surface area contributed by atoms with Crippen molar-refractivity contribution < 1.29 is 4.42 Å². The molecule has 0 aliphatic heterocycles. The molecule has 1 fully saturated rings. The van der Waals surface area contributed by atoms with Crippen molar-refractivity contribution in [3.05, 3.63) is 40.9 Å². The van der Waals surface area contributed by atoms with Gasteiger partial charge in [-0.05, 0) is 25.0 Å². The average Bonchev–Trinajstić information content (AvgIpc) is 3.00. The van der Waals surface area contributed by atoms with E-state index in [1.165, 1.54) is 0 Å². The highest BCUT2D eigenvalue weighted by atomic mass is 79.9. The molecule has 4 heteroatoms. The Labute approximate surface area is 108 Å². The highest BCUT2D eigenvalue weighted by Crippen LogP contribution is 2.47. The second-order valence-electron chi connectivity index (χ2n) is 4.53. The molecule has 0 spiro atoms. The van der Waals surface area contributed by atoms with Gasteiger partial charge in [0.15, 0.2) is 0 Å². The minimum atomic E-state index is 0.0214. The van der Waals surface area contributed by atoms with E-state index in [0.29, 0.717) is 6.54 Å². The van der Waals surface area contributed by atoms with E-state index in [0.717, 1.165) is 34.5 Å². The summed E-state index contributed by atoms with van der Waals surface area (Å²) in [5.41, 5.74) is 7.73. The van der Waals surface area contributed by atoms with Gasteiger partial charge in [0.05, 0.1) is 5.41 Å². The largest absolute Gasteiger partial charge is 0.448 e. The van der Waals surface area contributed by atoms with E-state index >= 15 is 0 Å². The van der Waals surface area contributed by atoms with Crippen molar-refractivity contribution in [1.82, 2.24) is 4.98 Å². The van der Waals surface area contributed by atoms with Crippen LogP contribution >= 0.6 is 15.9 Å². The third-order valence-electron chi connectivity index (χ3n) is 3.34. The van der Waals surface area contributed by atoms with E-state index in [-0.39, 0.29) is 5.41 Å². The molecule has 1 aliphatic carbocycles. The Morgan fingerprint density at radius 1 is 1.29 bits per heavy atom. The number of hydrogen-bond donors (Lipinski definition) is 1. The number of halogens is 1. The summed E-state index contributed by atoms with van der Waals surface area (Å²) in [4.78, 5) is 4.55. The number of benzene rings is 1. The van der Waals surface area contributed by atoms with Gasteiger partial charge < -0.3 is 10.2 Å². The fourth-order valence-electron chi connectivity index (χ4n) is 1.93. The molecule has 1 heterocycles. The van der Waals surface area contributed by atoms with Crippen LogP contribution in [-0.4, -0.2) is 11.5 Å². The van der Waals surface area contributed by atoms with Gasteiger partial charge in [0.1, 0.15) is 12.0 Å². The lowest BCUT2D eigenvalue weighted by Crippen LogP contribution is -2.19. The molecule has 3 nitrogen and oxygen atoms in total. The van der Waals surface area contributed by atoms with Gasteiger partial charge in [-0.3, -0.25) is 0 Å². The lowest BCUT2D eigenvalue weighted by atomic mass is 10.1. The summed E-state index contributed by atoms with van der Waals surface area (Å²) in [6.45, 7) is 0.618. The molecule has 1 aromatic carbocycles. The van der Waals surface area contributed by atoms with Gasteiger partial charge in [0.2, 0.25) is 5.89 Å². The number of aromatic nitrogens is 1. The molecule has 1 saturated carbocycles. The van der Waals surface area contributed by atoms with E-state index in [4.69, 9.17) is 10.2 Å². The van der Waals surface area contributed by atoms with Crippen LogP contribution in [0.4, 0.5) is 0 Å². The first-order valence-corrected chi connectivity index (χ1v) is 6.45. The first kappa shape index (κ1) is 11.0. The van der Waals surface area contributed by atoms with E-state index in [9.17, 15) is 0 Å². The monoisotopic (exact) mass is 292 g/mol. The highest BCUT2D eigenvalue weighted by Gasteiger charge is 2.47. The zero-order chi connectivity index (χ0) is 11.9. The van der Waals surface area contributed by atoms with Crippen LogP contribution in [0, 0.1) is 0 Å². The minimum absolute atomic E-state index is 0.0214. The summed E-state index contributed by atoms with van der Waals surface area (Å²) in [5, 5.41) is 0. The number of nitrogens with zero attached hydrogens (tertiary/aromatic N) is 1. The molecule has 0 radical (unpaired) electrons. The highest BCUT2D eigenvalue weighted by molar-refractivity contribution is 9.10. The first-order chi connectivity index (χ1) is 8.23. The van der Waals surface area contributed by atoms with E-state index in [1.54, 1.807) is 6.26 Å². The second-order valence-corrected chi connectivity index (χ2v) is 5.44. The van der Waals surface area contributed by atoms with E-state index < -0.39 is 0 Å². The second kappa shape index (κ2) is 3.96. The van der Waals surface area contributed by atoms with Crippen LogP contribution in [0.5, 0.6) is 0 Å². The molecule has 3 rings (SSSR count). The van der Waals surface area contributed by atoms with Gasteiger partial charge in [-0.2, -0.15) is 0 Å². The van der Waals surface area contributed by atoms with Crippen molar-refractivity contribution in [2.75, 3.05) is 6.54 Å². The molecule has 0 saturated heterocycles. The quantitative estimate of drug-likeness (QED) is 0.946. The van der Waals surface area contributed by atoms with Crippen LogP contribution in [0.15, 0.2) is 39.4 Å². The van der Waals surface area contributed by atoms with Crippen molar-refractivity contribution in [3.63, 3.8) is 0 Å². The topological polar surface area (TPSA) is 52.0 Å². The molecule has 2 N–H and O–H groups in total. The summed E-state index contributed by atoms with van der Waals surface area (Å²) in [7, 11) is 0.